The van der Waals surface area contributed by atoms with Gasteiger partial charge in [0.2, 0.25) is 6.10 Å². The molecule has 3 rings (SSSR count). The van der Waals surface area contributed by atoms with E-state index in [1.54, 1.807) is 16.9 Å². The first-order valence-corrected chi connectivity index (χ1v) is 6.39. The lowest BCUT2D eigenvalue weighted by Crippen LogP contribution is -2.41. The topological polar surface area (TPSA) is 105 Å². The molecular formula is C13H16N4O3. The fraction of sp³-hybridized carbons (Fsp3) is 0.385. The van der Waals surface area contributed by atoms with Crippen LogP contribution in [0.3, 0.4) is 0 Å². The van der Waals surface area contributed by atoms with Crippen LogP contribution in [0.15, 0.2) is 18.3 Å². The van der Waals surface area contributed by atoms with Gasteiger partial charge in [-0.05, 0) is 19.1 Å². The fourth-order valence-corrected chi connectivity index (χ4v) is 2.25. The molecule has 7 heteroatoms. The Kier molecular flexibility index (Phi) is 2.98. The van der Waals surface area contributed by atoms with E-state index in [4.69, 9.17) is 20.9 Å². The van der Waals surface area contributed by atoms with Gasteiger partial charge in [0.25, 0.3) is 5.91 Å². The Morgan fingerprint density at radius 3 is 3.10 bits per heavy atom. The predicted molar refractivity (Wildman–Crippen MR) is 72.5 cm³/mol. The minimum Gasteiger partial charge on any atom is -0.485 e. The summed E-state index contributed by atoms with van der Waals surface area (Å²) in [5.41, 5.74) is 11.9. The Morgan fingerprint density at radius 2 is 2.40 bits per heavy atom. The van der Waals surface area contributed by atoms with Gasteiger partial charge < -0.3 is 20.9 Å². The van der Waals surface area contributed by atoms with E-state index >= 15 is 0 Å². The Bertz CT molecular complexity index is 665. The minimum atomic E-state index is -0.785. The molecule has 106 valence electrons. The van der Waals surface area contributed by atoms with E-state index in [9.17, 15) is 4.79 Å². The monoisotopic (exact) mass is 276 g/mol. The average Bonchev–Trinajstić information content (AvgIpc) is 2.81. The highest BCUT2D eigenvalue weighted by atomic mass is 16.6. The van der Waals surface area contributed by atoms with Crippen LogP contribution < -0.4 is 20.9 Å². The molecule has 0 spiro atoms. The first kappa shape index (κ1) is 12.7. The lowest BCUT2D eigenvalue weighted by Gasteiger charge is -2.25. The summed E-state index contributed by atoms with van der Waals surface area (Å²) in [4.78, 5) is 11.3. The number of benzene rings is 1. The molecule has 0 saturated heterocycles. The SMILES string of the molecule is C[C@H](N)Cn1ncc2ccc3c(c21)O[C@H](C(N)=O)CO3. The number of carbonyl (C=O) groups excluding carboxylic acids is 1. The first-order chi connectivity index (χ1) is 9.56. The third-order valence-electron chi connectivity index (χ3n) is 3.15. The number of nitrogens with two attached hydrogens (primary N) is 2. The predicted octanol–water partition coefficient (Wildman–Crippen LogP) is 0.00860. The minimum absolute atomic E-state index is 0.0506. The third kappa shape index (κ3) is 2.05. The molecule has 0 radical (unpaired) electrons. The van der Waals surface area contributed by atoms with Gasteiger partial charge in [-0.25, -0.2) is 0 Å². The van der Waals surface area contributed by atoms with E-state index in [0.29, 0.717) is 18.0 Å². The Balaban J connectivity index is 2.11. The number of amides is 1. The van der Waals surface area contributed by atoms with E-state index in [1.807, 2.05) is 13.0 Å². The molecule has 0 fully saturated rings. The maximum atomic E-state index is 11.3. The highest BCUT2D eigenvalue weighted by molar-refractivity contribution is 5.89. The number of carbonyl (C=O) groups is 1. The molecule has 1 aliphatic heterocycles. The highest BCUT2D eigenvalue weighted by Crippen LogP contribution is 2.38. The van der Waals surface area contributed by atoms with Crippen molar-refractivity contribution in [3.8, 4) is 11.5 Å². The Morgan fingerprint density at radius 1 is 1.60 bits per heavy atom. The van der Waals surface area contributed by atoms with Gasteiger partial charge in [0.1, 0.15) is 12.1 Å². The van der Waals surface area contributed by atoms with Gasteiger partial charge in [0.15, 0.2) is 11.5 Å². The molecule has 2 atom stereocenters. The fourth-order valence-electron chi connectivity index (χ4n) is 2.25. The number of hydrogen-bond donors (Lipinski definition) is 2. The smallest absolute Gasteiger partial charge is 0.262 e. The molecule has 2 aromatic rings. The normalized spacial score (nSPS) is 19.0. The quantitative estimate of drug-likeness (QED) is 0.821. The van der Waals surface area contributed by atoms with Gasteiger partial charge in [0.05, 0.1) is 12.7 Å². The zero-order valence-electron chi connectivity index (χ0n) is 11.1. The van der Waals surface area contributed by atoms with Crippen LogP contribution in [-0.4, -0.2) is 34.4 Å². The Hall–Kier alpha value is -2.28. The van der Waals surface area contributed by atoms with Crippen molar-refractivity contribution in [3.05, 3.63) is 18.3 Å². The highest BCUT2D eigenvalue weighted by Gasteiger charge is 2.28. The molecule has 0 bridgehead atoms. The van der Waals surface area contributed by atoms with Crippen molar-refractivity contribution in [1.29, 1.82) is 0 Å². The van der Waals surface area contributed by atoms with E-state index in [1.165, 1.54) is 0 Å². The van der Waals surface area contributed by atoms with E-state index in [2.05, 4.69) is 5.10 Å². The number of rotatable bonds is 3. The van der Waals surface area contributed by atoms with E-state index in [-0.39, 0.29) is 12.6 Å². The second kappa shape index (κ2) is 4.68. The van der Waals surface area contributed by atoms with Crippen LogP contribution >= 0.6 is 0 Å². The summed E-state index contributed by atoms with van der Waals surface area (Å²) in [6.45, 7) is 2.56. The summed E-state index contributed by atoms with van der Waals surface area (Å²) in [7, 11) is 0. The lowest BCUT2D eigenvalue weighted by atomic mass is 10.2. The molecule has 0 unspecified atom stereocenters. The van der Waals surface area contributed by atoms with Gasteiger partial charge in [-0.1, -0.05) is 0 Å². The number of nitrogens with zero attached hydrogens (tertiary/aromatic N) is 2. The first-order valence-electron chi connectivity index (χ1n) is 6.39. The lowest BCUT2D eigenvalue weighted by molar-refractivity contribution is -0.126. The number of fused-ring (bicyclic) bond motifs is 3. The molecule has 1 aromatic heterocycles. The number of ether oxygens (including phenoxy) is 2. The molecule has 20 heavy (non-hydrogen) atoms. The zero-order chi connectivity index (χ0) is 14.3. The number of hydrogen-bond acceptors (Lipinski definition) is 5. The van der Waals surface area contributed by atoms with Gasteiger partial charge in [-0.2, -0.15) is 5.10 Å². The third-order valence-corrected chi connectivity index (χ3v) is 3.15. The second-order valence-electron chi connectivity index (χ2n) is 4.95. The summed E-state index contributed by atoms with van der Waals surface area (Å²) in [5.74, 6) is 0.531. The maximum absolute atomic E-state index is 11.3. The summed E-state index contributed by atoms with van der Waals surface area (Å²) in [6, 6.07) is 3.64. The van der Waals surface area contributed by atoms with Crippen LogP contribution in [0.2, 0.25) is 0 Å². The van der Waals surface area contributed by atoms with Crippen molar-refractivity contribution < 1.29 is 14.3 Å². The number of primary amides is 1. The summed E-state index contributed by atoms with van der Waals surface area (Å²) in [5, 5.41) is 5.20. The van der Waals surface area contributed by atoms with Gasteiger partial charge in [-0.15, -0.1) is 0 Å². The molecular weight excluding hydrogens is 260 g/mol. The van der Waals surface area contributed by atoms with Crippen LogP contribution in [0.1, 0.15) is 6.92 Å². The molecule has 4 N–H and O–H groups in total. The molecule has 1 aromatic carbocycles. The van der Waals surface area contributed by atoms with Crippen molar-refractivity contribution in [1.82, 2.24) is 9.78 Å². The molecule has 1 aliphatic rings. The molecule has 0 aliphatic carbocycles. The van der Waals surface area contributed by atoms with Crippen LogP contribution in [0.5, 0.6) is 11.5 Å². The van der Waals surface area contributed by atoms with Crippen LogP contribution in [-0.2, 0) is 11.3 Å². The summed E-state index contributed by atoms with van der Waals surface area (Å²) < 4.78 is 13.0. The Labute approximate surface area is 115 Å². The average molecular weight is 276 g/mol. The summed E-state index contributed by atoms with van der Waals surface area (Å²) in [6.07, 6.45) is 0.946. The van der Waals surface area contributed by atoms with Crippen molar-refractivity contribution in [2.24, 2.45) is 11.5 Å². The number of aromatic nitrogens is 2. The van der Waals surface area contributed by atoms with Gasteiger partial charge in [0, 0.05) is 11.4 Å². The van der Waals surface area contributed by atoms with Gasteiger partial charge in [-0.3, -0.25) is 9.48 Å². The maximum Gasteiger partial charge on any atom is 0.262 e. The van der Waals surface area contributed by atoms with Crippen LogP contribution in [0.4, 0.5) is 0 Å². The van der Waals surface area contributed by atoms with Crippen molar-refractivity contribution in [2.75, 3.05) is 6.61 Å². The standard InChI is InChI=1S/C13H16N4O3/c1-7(14)5-17-11-8(4-16-17)2-3-9-12(11)20-10(6-19-9)13(15)18/h2-4,7,10H,5-6,14H2,1H3,(H2,15,18)/t7-,10-/m0/s1. The van der Waals surface area contributed by atoms with Crippen molar-refractivity contribution in [3.63, 3.8) is 0 Å². The van der Waals surface area contributed by atoms with Gasteiger partial charge >= 0.3 is 0 Å². The molecule has 1 amide bonds. The van der Waals surface area contributed by atoms with E-state index in [0.717, 1.165) is 10.9 Å². The van der Waals surface area contributed by atoms with Crippen LogP contribution in [0, 0.1) is 0 Å². The largest absolute Gasteiger partial charge is 0.485 e. The summed E-state index contributed by atoms with van der Waals surface area (Å²) >= 11 is 0. The van der Waals surface area contributed by atoms with E-state index < -0.39 is 12.0 Å². The zero-order valence-corrected chi connectivity index (χ0v) is 11.1. The van der Waals surface area contributed by atoms with Crippen molar-refractivity contribution in [2.45, 2.75) is 25.6 Å². The van der Waals surface area contributed by atoms with Crippen LogP contribution in [0.25, 0.3) is 10.9 Å². The molecule has 0 saturated carbocycles. The van der Waals surface area contributed by atoms with Crippen molar-refractivity contribution >= 4 is 16.8 Å². The second-order valence-corrected chi connectivity index (χ2v) is 4.95. The molecule has 2 heterocycles. The molecule has 7 nitrogen and oxygen atoms in total.